The molecule has 0 unspecified atom stereocenters. The van der Waals surface area contributed by atoms with Crippen LogP contribution in [0.15, 0.2) is 40.9 Å². The monoisotopic (exact) mass is 412 g/mol. The van der Waals surface area contributed by atoms with Crippen molar-refractivity contribution in [2.75, 3.05) is 24.9 Å². The van der Waals surface area contributed by atoms with E-state index in [4.69, 9.17) is 21.1 Å². The first-order valence-electron chi connectivity index (χ1n) is 6.74. The summed E-state index contributed by atoms with van der Waals surface area (Å²) in [7, 11) is 2.87. The molecule has 0 aromatic heterocycles. The predicted molar refractivity (Wildman–Crippen MR) is 96.0 cm³/mol. The first-order valence-corrected chi connectivity index (χ1v) is 7.91. The highest BCUT2D eigenvalue weighted by Crippen LogP contribution is 2.35. The summed E-state index contributed by atoms with van der Waals surface area (Å²) in [6, 6.07) is 9.92. The lowest BCUT2D eigenvalue weighted by molar-refractivity contribution is -0.133. The number of carbonyl (C=O) groups is 2. The van der Waals surface area contributed by atoms with E-state index in [0.717, 1.165) is 0 Å². The summed E-state index contributed by atoms with van der Waals surface area (Å²) >= 11 is 9.29. The molecule has 0 saturated heterocycles. The highest BCUT2D eigenvalue weighted by Gasteiger charge is 2.18. The second-order valence-electron chi connectivity index (χ2n) is 4.58. The minimum absolute atomic E-state index is 0.269. The molecule has 0 bridgehead atoms. The molecule has 8 heteroatoms. The molecule has 0 heterocycles. The smallest absolute Gasteiger partial charge is 0.314 e. The van der Waals surface area contributed by atoms with Crippen LogP contribution in [-0.2, 0) is 9.59 Å². The largest absolute Gasteiger partial charge is 0.495 e. The summed E-state index contributed by atoms with van der Waals surface area (Å²) in [4.78, 5) is 24.2. The normalized spacial score (nSPS) is 10.0. The molecule has 0 aliphatic heterocycles. The minimum Gasteiger partial charge on any atom is -0.495 e. The average Bonchev–Trinajstić information content (AvgIpc) is 2.57. The lowest BCUT2D eigenvalue weighted by Crippen LogP contribution is -2.29. The molecule has 0 atom stereocenters. The third-order valence-electron chi connectivity index (χ3n) is 3.05. The fourth-order valence-corrected chi connectivity index (χ4v) is 2.49. The highest BCUT2D eigenvalue weighted by molar-refractivity contribution is 9.10. The fraction of sp³-hybridized carbons (Fsp3) is 0.125. The number of carbonyl (C=O) groups excluding carboxylic acids is 2. The molecule has 0 radical (unpaired) electrons. The Labute approximate surface area is 152 Å². The van der Waals surface area contributed by atoms with Crippen molar-refractivity contribution < 1.29 is 19.1 Å². The Morgan fingerprint density at radius 2 is 1.54 bits per heavy atom. The number of hydrogen-bond donors (Lipinski definition) is 2. The number of halogens is 2. The maximum atomic E-state index is 12.1. The molecule has 0 aliphatic carbocycles. The number of methoxy groups -OCH3 is 2. The first-order chi connectivity index (χ1) is 11.5. The number of hydrogen-bond acceptors (Lipinski definition) is 4. The molecule has 6 nitrogen and oxygen atoms in total. The number of amides is 2. The quantitative estimate of drug-likeness (QED) is 0.750. The standard InChI is InChI=1S/C16H14BrClN2O4/c1-23-13-8-12(14(24-2)7-10(13)18)20-16(22)15(21)19-11-6-4-3-5-9(11)17/h3-8H,1-2H3,(H,19,21)(H,20,22). The Hall–Kier alpha value is -2.25. The summed E-state index contributed by atoms with van der Waals surface area (Å²) in [5.74, 6) is -1.02. The van der Waals surface area contributed by atoms with Crippen molar-refractivity contribution in [1.82, 2.24) is 0 Å². The second-order valence-corrected chi connectivity index (χ2v) is 5.84. The number of para-hydroxylation sites is 1. The lowest BCUT2D eigenvalue weighted by Gasteiger charge is -2.13. The number of benzene rings is 2. The molecule has 24 heavy (non-hydrogen) atoms. The Morgan fingerprint density at radius 1 is 0.958 bits per heavy atom. The van der Waals surface area contributed by atoms with Crippen molar-refractivity contribution in [2.24, 2.45) is 0 Å². The molecule has 2 aromatic rings. The van der Waals surface area contributed by atoms with E-state index in [0.29, 0.717) is 26.7 Å². The van der Waals surface area contributed by atoms with E-state index in [9.17, 15) is 9.59 Å². The van der Waals surface area contributed by atoms with Gasteiger partial charge in [0.1, 0.15) is 11.5 Å². The maximum Gasteiger partial charge on any atom is 0.314 e. The van der Waals surface area contributed by atoms with Gasteiger partial charge in [0.2, 0.25) is 0 Å². The minimum atomic E-state index is -0.853. The van der Waals surface area contributed by atoms with Gasteiger partial charge in [-0.25, -0.2) is 0 Å². The van der Waals surface area contributed by atoms with Crippen LogP contribution in [0.1, 0.15) is 0 Å². The summed E-state index contributed by atoms with van der Waals surface area (Å²) < 4.78 is 10.9. The molecule has 0 fully saturated rings. The number of ether oxygens (including phenoxy) is 2. The summed E-state index contributed by atoms with van der Waals surface area (Å²) in [6.45, 7) is 0. The van der Waals surface area contributed by atoms with Gasteiger partial charge in [0.15, 0.2) is 0 Å². The van der Waals surface area contributed by atoms with Crippen LogP contribution in [0.3, 0.4) is 0 Å². The van der Waals surface area contributed by atoms with Crippen LogP contribution >= 0.6 is 27.5 Å². The fourth-order valence-electron chi connectivity index (χ4n) is 1.88. The van der Waals surface area contributed by atoms with E-state index < -0.39 is 11.8 Å². The number of nitrogens with one attached hydrogen (secondary N) is 2. The number of rotatable bonds is 4. The van der Waals surface area contributed by atoms with E-state index in [-0.39, 0.29) is 5.69 Å². The van der Waals surface area contributed by atoms with E-state index >= 15 is 0 Å². The van der Waals surface area contributed by atoms with Crippen molar-refractivity contribution in [3.63, 3.8) is 0 Å². The molecule has 2 rings (SSSR count). The molecule has 0 aliphatic rings. The predicted octanol–water partition coefficient (Wildman–Crippen LogP) is 3.70. The van der Waals surface area contributed by atoms with Crippen LogP contribution < -0.4 is 20.1 Å². The average molecular weight is 414 g/mol. The van der Waals surface area contributed by atoms with Gasteiger partial charge in [-0.1, -0.05) is 23.7 Å². The van der Waals surface area contributed by atoms with Crippen molar-refractivity contribution in [3.05, 3.63) is 45.9 Å². The number of anilines is 2. The zero-order chi connectivity index (χ0) is 17.7. The molecule has 2 N–H and O–H groups in total. The SMILES string of the molecule is COc1cc(NC(=O)C(=O)Nc2ccccc2Br)c(OC)cc1Cl. The van der Waals surface area contributed by atoms with Crippen molar-refractivity contribution in [1.29, 1.82) is 0 Å². The van der Waals surface area contributed by atoms with Crippen molar-refractivity contribution in [3.8, 4) is 11.5 Å². The van der Waals surface area contributed by atoms with Crippen LogP contribution in [0, 0.1) is 0 Å². The first kappa shape index (κ1) is 18.1. The molecule has 0 saturated carbocycles. The molecule has 2 aromatic carbocycles. The van der Waals surface area contributed by atoms with Gasteiger partial charge in [-0.15, -0.1) is 0 Å². The van der Waals surface area contributed by atoms with Crippen LogP contribution in [-0.4, -0.2) is 26.0 Å². The maximum absolute atomic E-state index is 12.1. The van der Waals surface area contributed by atoms with Crippen LogP contribution in [0.2, 0.25) is 5.02 Å². The molecule has 0 spiro atoms. The summed E-state index contributed by atoms with van der Waals surface area (Å²) in [5, 5.41) is 5.31. The van der Waals surface area contributed by atoms with E-state index in [1.165, 1.54) is 26.4 Å². The summed E-state index contributed by atoms with van der Waals surface area (Å²) in [6.07, 6.45) is 0. The van der Waals surface area contributed by atoms with Gasteiger partial charge in [0.25, 0.3) is 0 Å². The van der Waals surface area contributed by atoms with Crippen molar-refractivity contribution in [2.45, 2.75) is 0 Å². The van der Waals surface area contributed by atoms with E-state index in [2.05, 4.69) is 26.6 Å². The molecular formula is C16H14BrClN2O4. The Balaban J connectivity index is 2.17. The Kier molecular flexibility index (Phi) is 6.05. The highest BCUT2D eigenvalue weighted by atomic mass is 79.9. The third-order valence-corrected chi connectivity index (χ3v) is 4.04. The van der Waals surface area contributed by atoms with Gasteiger partial charge in [-0.2, -0.15) is 0 Å². The van der Waals surface area contributed by atoms with Gasteiger partial charge in [-0.05, 0) is 28.1 Å². The van der Waals surface area contributed by atoms with Crippen LogP contribution in [0.4, 0.5) is 11.4 Å². The zero-order valence-corrected chi connectivity index (χ0v) is 15.2. The van der Waals surface area contributed by atoms with Gasteiger partial charge in [-0.3, -0.25) is 9.59 Å². The van der Waals surface area contributed by atoms with Crippen LogP contribution in [0.25, 0.3) is 0 Å². The third kappa shape index (κ3) is 4.18. The van der Waals surface area contributed by atoms with E-state index in [1.807, 2.05) is 0 Å². The lowest BCUT2D eigenvalue weighted by atomic mass is 10.2. The summed E-state index contributed by atoms with van der Waals surface area (Å²) in [5.41, 5.74) is 0.754. The molecule has 2 amide bonds. The second kappa shape index (κ2) is 8.03. The zero-order valence-electron chi connectivity index (χ0n) is 12.9. The van der Waals surface area contributed by atoms with Gasteiger partial charge < -0.3 is 20.1 Å². The Bertz CT molecular complexity index is 783. The van der Waals surface area contributed by atoms with Gasteiger partial charge in [0, 0.05) is 16.6 Å². The van der Waals surface area contributed by atoms with Gasteiger partial charge in [0.05, 0.1) is 30.6 Å². The van der Waals surface area contributed by atoms with Crippen molar-refractivity contribution >= 4 is 50.7 Å². The Morgan fingerprint density at radius 3 is 2.12 bits per heavy atom. The molecular weight excluding hydrogens is 400 g/mol. The molecule has 126 valence electrons. The van der Waals surface area contributed by atoms with E-state index in [1.54, 1.807) is 24.3 Å². The van der Waals surface area contributed by atoms with Crippen LogP contribution in [0.5, 0.6) is 11.5 Å². The topological polar surface area (TPSA) is 76.7 Å². The van der Waals surface area contributed by atoms with Gasteiger partial charge >= 0.3 is 11.8 Å².